The monoisotopic (exact) mass is 434 g/mol. The number of methoxy groups -OCH3 is 1. The number of halogens is 1. The third-order valence-electron chi connectivity index (χ3n) is 3.56. The molecule has 2 aromatic carbocycles. The van der Waals surface area contributed by atoms with E-state index in [0.29, 0.717) is 10.2 Å². The lowest BCUT2D eigenvalue weighted by Crippen LogP contribution is -2.14. The third-order valence-corrected chi connectivity index (χ3v) is 4.90. The van der Waals surface area contributed by atoms with E-state index in [0.717, 1.165) is 16.9 Å². The average Bonchev–Trinajstić information content (AvgIpc) is 2.63. The van der Waals surface area contributed by atoms with Gasteiger partial charge in [0.25, 0.3) is 0 Å². The number of aromatic nitrogens is 1. The number of hydrogen-bond acceptors (Lipinski definition) is 5. The summed E-state index contributed by atoms with van der Waals surface area (Å²) in [6, 6.07) is 16.1. The van der Waals surface area contributed by atoms with Crippen LogP contribution in [0, 0.1) is 0 Å². The van der Waals surface area contributed by atoms with Gasteiger partial charge in [-0.15, -0.1) is 0 Å². The van der Waals surface area contributed by atoms with Gasteiger partial charge in [-0.1, -0.05) is 24.3 Å². The zero-order valence-corrected chi connectivity index (χ0v) is 16.1. The van der Waals surface area contributed by atoms with Crippen LogP contribution in [-0.4, -0.2) is 20.5 Å². The molecule has 1 heterocycles. The highest BCUT2D eigenvalue weighted by Crippen LogP contribution is 2.31. The van der Waals surface area contributed by atoms with Gasteiger partial charge in [-0.2, -0.15) is 0 Å². The quantitative estimate of drug-likeness (QED) is 0.655. The summed E-state index contributed by atoms with van der Waals surface area (Å²) in [6.07, 6.45) is 1.44. The Morgan fingerprint density at radius 2 is 1.73 bits per heavy atom. The minimum absolute atomic E-state index is 0.0809. The molecule has 0 saturated heterocycles. The summed E-state index contributed by atoms with van der Waals surface area (Å²) in [4.78, 5) is 3.83. The normalized spacial score (nSPS) is 11.2. The van der Waals surface area contributed by atoms with Crippen molar-refractivity contribution < 1.29 is 17.9 Å². The van der Waals surface area contributed by atoms with Gasteiger partial charge >= 0.3 is 0 Å². The van der Waals surface area contributed by atoms with Crippen molar-refractivity contribution in [2.45, 2.75) is 4.90 Å². The van der Waals surface area contributed by atoms with Crippen LogP contribution in [-0.2, 0) is 10.0 Å². The minimum atomic E-state index is -3.98. The molecule has 0 amide bonds. The molecule has 1 aromatic heterocycles. The molecule has 0 atom stereocenters. The Hall–Kier alpha value is -2.42. The average molecular weight is 435 g/mol. The van der Waals surface area contributed by atoms with E-state index >= 15 is 0 Å². The van der Waals surface area contributed by atoms with E-state index in [-0.39, 0.29) is 10.8 Å². The predicted octanol–water partition coefficient (Wildman–Crippen LogP) is 3.96. The van der Waals surface area contributed by atoms with Gasteiger partial charge in [0.1, 0.15) is 16.4 Å². The summed E-state index contributed by atoms with van der Waals surface area (Å²) in [6.45, 7) is 0. The molecule has 26 heavy (non-hydrogen) atoms. The SMILES string of the molecule is COc1ccc(-c2cccc(Oc3ncc(Br)cc3S(N)(=O)=O)c2)cc1. The van der Waals surface area contributed by atoms with Crippen LogP contribution in [0.3, 0.4) is 0 Å². The lowest BCUT2D eigenvalue weighted by molar-refractivity contribution is 0.415. The summed E-state index contributed by atoms with van der Waals surface area (Å²) < 4.78 is 34.9. The van der Waals surface area contributed by atoms with Crippen LogP contribution in [0.25, 0.3) is 11.1 Å². The predicted molar refractivity (Wildman–Crippen MR) is 102 cm³/mol. The van der Waals surface area contributed by atoms with Gasteiger partial charge in [0.15, 0.2) is 0 Å². The molecular weight excluding hydrogens is 420 g/mol. The third kappa shape index (κ3) is 4.21. The van der Waals surface area contributed by atoms with Crippen LogP contribution in [0.4, 0.5) is 0 Å². The molecule has 0 fully saturated rings. The topological polar surface area (TPSA) is 91.5 Å². The highest BCUT2D eigenvalue weighted by atomic mass is 79.9. The molecule has 0 aliphatic heterocycles. The number of primary sulfonamides is 1. The van der Waals surface area contributed by atoms with E-state index in [2.05, 4.69) is 20.9 Å². The van der Waals surface area contributed by atoms with E-state index in [4.69, 9.17) is 14.6 Å². The number of sulfonamides is 1. The first-order valence-corrected chi connectivity index (χ1v) is 9.81. The number of hydrogen-bond donors (Lipinski definition) is 1. The molecule has 3 rings (SSSR count). The molecule has 2 N–H and O–H groups in total. The number of ether oxygens (including phenoxy) is 2. The molecule has 0 saturated carbocycles. The van der Waals surface area contributed by atoms with Crippen LogP contribution in [0.15, 0.2) is 70.2 Å². The number of rotatable bonds is 5. The van der Waals surface area contributed by atoms with Crippen LogP contribution >= 0.6 is 15.9 Å². The maximum Gasteiger partial charge on any atom is 0.243 e. The van der Waals surface area contributed by atoms with Gasteiger partial charge in [-0.3, -0.25) is 0 Å². The van der Waals surface area contributed by atoms with Gasteiger partial charge in [-0.05, 0) is 57.4 Å². The van der Waals surface area contributed by atoms with Crippen LogP contribution < -0.4 is 14.6 Å². The largest absolute Gasteiger partial charge is 0.497 e. The van der Waals surface area contributed by atoms with Crippen LogP contribution in [0.2, 0.25) is 0 Å². The smallest absolute Gasteiger partial charge is 0.243 e. The molecule has 0 bridgehead atoms. The molecule has 8 heteroatoms. The van der Waals surface area contributed by atoms with Crippen molar-refractivity contribution in [1.29, 1.82) is 0 Å². The first-order chi connectivity index (χ1) is 12.4. The minimum Gasteiger partial charge on any atom is -0.497 e. The molecule has 6 nitrogen and oxygen atoms in total. The second kappa shape index (κ2) is 7.45. The zero-order chi connectivity index (χ0) is 18.7. The summed E-state index contributed by atoms with van der Waals surface area (Å²) >= 11 is 3.18. The van der Waals surface area contributed by atoms with E-state index in [1.807, 2.05) is 36.4 Å². The molecule has 0 aliphatic carbocycles. The molecule has 0 aliphatic rings. The molecule has 134 valence electrons. The van der Waals surface area contributed by atoms with Crippen molar-refractivity contribution in [3.8, 4) is 28.5 Å². The van der Waals surface area contributed by atoms with Crippen molar-refractivity contribution in [3.63, 3.8) is 0 Å². The standard InChI is InChI=1S/C18H15BrN2O4S/c1-24-15-7-5-12(6-8-15)13-3-2-4-16(9-13)25-18-17(26(20,22)23)10-14(19)11-21-18/h2-11H,1H3,(H2,20,22,23). The Balaban J connectivity index is 1.95. The van der Waals surface area contributed by atoms with Crippen molar-refractivity contribution >= 4 is 26.0 Å². The molecule has 3 aromatic rings. The highest BCUT2D eigenvalue weighted by Gasteiger charge is 2.18. The number of pyridine rings is 1. The Morgan fingerprint density at radius 3 is 2.38 bits per heavy atom. The Labute approximate surface area is 159 Å². The van der Waals surface area contributed by atoms with Crippen LogP contribution in [0.5, 0.6) is 17.4 Å². The van der Waals surface area contributed by atoms with Gasteiger partial charge < -0.3 is 9.47 Å². The van der Waals surface area contributed by atoms with Crippen molar-refractivity contribution in [3.05, 3.63) is 65.3 Å². The summed E-state index contributed by atoms with van der Waals surface area (Å²) in [5.41, 5.74) is 1.87. The van der Waals surface area contributed by atoms with E-state index in [1.54, 1.807) is 19.2 Å². The summed E-state index contributed by atoms with van der Waals surface area (Å²) in [5.74, 6) is 1.12. The van der Waals surface area contributed by atoms with Crippen molar-refractivity contribution in [1.82, 2.24) is 4.98 Å². The highest BCUT2D eigenvalue weighted by molar-refractivity contribution is 9.10. The second-order valence-corrected chi connectivity index (χ2v) is 7.81. The van der Waals surface area contributed by atoms with Crippen LogP contribution in [0.1, 0.15) is 0 Å². The second-order valence-electron chi connectivity index (χ2n) is 5.36. The Morgan fingerprint density at radius 1 is 1.00 bits per heavy atom. The Kier molecular flexibility index (Phi) is 5.26. The first-order valence-electron chi connectivity index (χ1n) is 7.47. The fourth-order valence-corrected chi connectivity index (χ4v) is 3.43. The number of nitrogens with zero attached hydrogens (tertiary/aromatic N) is 1. The maximum atomic E-state index is 11.8. The lowest BCUT2D eigenvalue weighted by Gasteiger charge is -2.10. The number of nitrogens with two attached hydrogens (primary N) is 1. The van der Waals surface area contributed by atoms with E-state index in [9.17, 15) is 8.42 Å². The molecule has 0 spiro atoms. The maximum absolute atomic E-state index is 11.8. The summed E-state index contributed by atoms with van der Waals surface area (Å²) in [5, 5.41) is 5.25. The van der Waals surface area contributed by atoms with Gasteiger partial charge in [0.05, 0.1) is 7.11 Å². The first kappa shape index (κ1) is 18.4. The van der Waals surface area contributed by atoms with Crippen molar-refractivity contribution in [2.75, 3.05) is 7.11 Å². The Bertz CT molecular complexity index is 1040. The summed E-state index contributed by atoms with van der Waals surface area (Å²) in [7, 11) is -2.37. The zero-order valence-electron chi connectivity index (χ0n) is 13.7. The van der Waals surface area contributed by atoms with Crippen molar-refractivity contribution in [2.24, 2.45) is 5.14 Å². The van der Waals surface area contributed by atoms with Gasteiger partial charge in [0, 0.05) is 10.7 Å². The fourth-order valence-electron chi connectivity index (χ4n) is 2.32. The molecule has 0 radical (unpaired) electrons. The molecular formula is C18H15BrN2O4S. The van der Waals surface area contributed by atoms with Gasteiger partial charge in [-0.25, -0.2) is 18.5 Å². The van der Waals surface area contributed by atoms with E-state index in [1.165, 1.54) is 12.3 Å². The number of benzene rings is 2. The fraction of sp³-hybridized carbons (Fsp3) is 0.0556. The van der Waals surface area contributed by atoms with Gasteiger partial charge in [0.2, 0.25) is 15.9 Å². The lowest BCUT2D eigenvalue weighted by atomic mass is 10.1. The van der Waals surface area contributed by atoms with E-state index < -0.39 is 10.0 Å². The molecule has 0 unspecified atom stereocenters.